The first-order chi connectivity index (χ1) is 9.39. The Hall–Kier alpha value is -1.59. The molecule has 1 atom stereocenters. The zero-order valence-electron chi connectivity index (χ0n) is 11.9. The summed E-state index contributed by atoms with van der Waals surface area (Å²) in [5.74, 6) is 0.194. The number of hydrogen-bond acceptors (Lipinski definition) is 4. The fraction of sp³-hybridized carbons (Fsp3) is 0.533. The number of benzene rings is 1. The number of morpholine rings is 1. The Labute approximate surface area is 118 Å². The summed E-state index contributed by atoms with van der Waals surface area (Å²) in [6.45, 7) is 4.66. The van der Waals surface area contributed by atoms with Gasteiger partial charge in [0.1, 0.15) is 5.75 Å². The number of carbonyl (C=O) groups excluding carboxylic acids is 1. The molecule has 1 aromatic carbocycles. The Morgan fingerprint density at radius 2 is 2.05 bits per heavy atom. The van der Waals surface area contributed by atoms with Crippen LogP contribution in [0.3, 0.4) is 0 Å². The van der Waals surface area contributed by atoms with Gasteiger partial charge in [0, 0.05) is 13.1 Å². The van der Waals surface area contributed by atoms with Crippen LogP contribution >= 0.6 is 0 Å². The van der Waals surface area contributed by atoms with Crippen molar-refractivity contribution >= 4 is 5.91 Å². The van der Waals surface area contributed by atoms with Gasteiger partial charge < -0.3 is 19.8 Å². The van der Waals surface area contributed by atoms with Crippen molar-refractivity contribution in [2.75, 3.05) is 19.7 Å². The monoisotopic (exact) mass is 279 g/mol. The molecular formula is C15H21NO4. The molecule has 1 aromatic rings. The van der Waals surface area contributed by atoms with Gasteiger partial charge in [-0.05, 0) is 31.5 Å². The lowest BCUT2D eigenvalue weighted by molar-refractivity contribution is -0.166. The van der Waals surface area contributed by atoms with Crippen LogP contribution in [-0.4, -0.2) is 52.4 Å². The summed E-state index contributed by atoms with van der Waals surface area (Å²) in [4.78, 5) is 14.1. The summed E-state index contributed by atoms with van der Waals surface area (Å²) in [6, 6.07) is 6.62. The zero-order valence-corrected chi connectivity index (χ0v) is 11.9. The maximum absolute atomic E-state index is 12.3. The predicted molar refractivity (Wildman–Crippen MR) is 74.4 cm³/mol. The van der Waals surface area contributed by atoms with Gasteiger partial charge in [-0.25, -0.2) is 0 Å². The molecule has 0 bridgehead atoms. The summed E-state index contributed by atoms with van der Waals surface area (Å²) in [5, 5.41) is 18.5. The van der Waals surface area contributed by atoms with Crippen LogP contribution in [-0.2, 0) is 16.0 Å². The van der Waals surface area contributed by atoms with Gasteiger partial charge >= 0.3 is 0 Å². The lowest BCUT2D eigenvalue weighted by Gasteiger charge is -2.42. The Bertz CT molecular complexity index is 469. The molecule has 1 amide bonds. The van der Waals surface area contributed by atoms with E-state index in [2.05, 4.69) is 0 Å². The molecule has 0 saturated carbocycles. The lowest BCUT2D eigenvalue weighted by atomic mass is 10.0. The van der Waals surface area contributed by atoms with Gasteiger partial charge in [0.25, 0.3) is 0 Å². The molecule has 0 radical (unpaired) electrons. The third kappa shape index (κ3) is 3.71. The normalized spacial score (nSPS) is 21.8. The van der Waals surface area contributed by atoms with Gasteiger partial charge in [-0.3, -0.25) is 4.79 Å². The minimum Gasteiger partial charge on any atom is -0.508 e. The SMILES string of the molecule is CC1(C)CN(C(=O)Cc2ccc(O)cc2)CC(CO)O1. The predicted octanol–water partition coefficient (Wildman–Crippen LogP) is 0.933. The van der Waals surface area contributed by atoms with Crippen molar-refractivity contribution in [2.45, 2.75) is 32.0 Å². The molecule has 0 aromatic heterocycles. The van der Waals surface area contributed by atoms with Crippen molar-refractivity contribution in [3.05, 3.63) is 29.8 Å². The van der Waals surface area contributed by atoms with Gasteiger partial charge in [0.05, 0.1) is 24.7 Å². The van der Waals surface area contributed by atoms with E-state index in [9.17, 15) is 15.0 Å². The van der Waals surface area contributed by atoms with Gasteiger partial charge in [-0.1, -0.05) is 12.1 Å². The molecule has 1 saturated heterocycles. The van der Waals surface area contributed by atoms with Crippen LogP contribution in [0.2, 0.25) is 0 Å². The number of amides is 1. The topological polar surface area (TPSA) is 70.0 Å². The quantitative estimate of drug-likeness (QED) is 0.863. The highest BCUT2D eigenvalue weighted by molar-refractivity contribution is 5.79. The Balaban J connectivity index is 2.02. The Kier molecular flexibility index (Phi) is 4.30. The number of hydrogen-bond donors (Lipinski definition) is 2. The minimum atomic E-state index is -0.448. The average molecular weight is 279 g/mol. The number of ether oxygens (including phenoxy) is 1. The van der Waals surface area contributed by atoms with Crippen molar-refractivity contribution in [1.29, 1.82) is 0 Å². The van der Waals surface area contributed by atoms with Crippen molar-refractivity contribution in [3.63, 3.8) is 0 Å². The minimum absolute atomic E-state index is 0.00511. The van der Waals surface area contributed by atoms with Gasteiger partial charge in [-0.2, -0.15) is 0 Å². The molecule has 1 unspecified atom stereocenters. The highest BCUT2D eigenvalue weighted by Gasteiger charge is 2.35. The van der Waals surface area contributed by atoms with E-state index in [1.54, 1.807) is 29.2 Å². The first-order valence-corrected chi connectivity index (χ1v) is 6.74. The molecule has 1 aliphatic rings. The standard InChI is InChI=1S/C15H21NO4/c1-15(2)10-16(8-13(9-17)20-15)14(19)7-11-3-5-12(18)6-4-11/h3-6,13,17-18H,7-10H2,1-2H3. The second-order valence-corrected chi connectivity index (χ2v) is 5.80. The summed E-state index contributed by atoms with van der Waals surface area (Å²) in [5.41, 5.74) is 0.411. The van der Waals surface area contributed by atoms with Gasteiger partial charge in [-0.15, -0.1) is 0 Å². The van der Waals surface area contributed by atoms with Crippen molar-refractivity contribution < 1.29 is 19.7 Å². The molecular weight excluding hydrogens is 258 g/mol. The third-order valence-corrected chi connectivity index (χ3v) is 3.33. The number of aliphatic hydroxyl groups is 1. The van der Waals surface area contributed by atoms with Crippen molar-refractivity contribution in [2.24, 2.45) is 0 Å². The van der Waals surface area contributed by atoms with Crippen molar-refractivity contribution in [1.82, 2.24) is 4.90 Å². The first-order valence-electron chi connectivity index (χ1n) is 6.74. The molecule has 110 valence electrons. The first kappa shape index (κ1) is 14.8. The van der Waals surface area contributed by atoms with Crippen LogP contribution in [0.5, 0.6) is 5.75 Å². The fourth-order valence-corrected chi connectivity index (χ4v) is 2.48. The summed E-state index contributed by atoms with van der Waals surface area (Å²) in [7, 11) is 0. The summed E-state index contributed by atoms with van der Waals surface area (Å²) in [6.07, 6.45) is -0.0448. The molecule has 1 aliphatic heterocycles. The molecule has 2 rings (SSSR count). The largest absolute Gasteiger partial charge is 0.508 e. The van der Waals surface area contributed by atoms with Gasteiger partial charge in [0.15, 0.2) is 0 Å². The number of rotatable bonds is 3. The fourth-order valence-electron chi connectivity index (χ4n) is 2.48. The summed E-state index contributed by atoms with van der Waals surface area (Å²) >= 11 is 0. The van der Waals surface area contributed by atoms with Crippen LogP contribution in [0.1, 0.15) is 19.4 Å². The van der Waals surface area contributed by atoms with Crippen LogP contribution in [0.15, 0.2) is 24.3 Å². The number of aromatic hydroxyl groups is 1. The Morgan fingerprint density at radius 1 is 1.40 bits per heavy atom. The summed E-state index contributed by atoms with van der Waals surface area (Å²) < 4.78 is 5.69. The molecule has 2 N–H and O–H groups in total. The van der Waals surface area contributed by atoms with Crippen LogP contribution in [0.4, 0.5) is 0 Å². The molecule has 0 spiro atoms. The zero-order chi connectivity index (χ0) is 14.8. The van der Waals surface area contributed by atoms with Crippen LogP contribution in [0, 0.1) is 0 Å². The van der Waals surface area contributed by atoms with Gasteiger partial charge in [0.2, 0.25) is 5.91 Å². The van der Waals surface area contributed by atoms with E-state index in [1.165, 1.54) is 0 Å². The van der Waals surface area contributed by atoms with E-state index in [0.717, 1.165) is 5.56 Å². The highest BCUT2D eigenvalue weighted by atomic mass is 16.5. The van der Waals surface area contributed by atoms with E-state index in [0.29, 0.717) is 13.1 Å². The van der Waals surface area contributed by atoms with E-state index in [4.69, 9.17) is 4.74 Å². The molecule has 0 aliphatic carbocycles. The number of phenols is 1. The van der Waals surface area contributed by atoms with E-state index in [1.807, 2.05) is 13.8 Å². The number of aliphatic hydroxyl groups excluding tert-OH is 1. The smallest absolute Gasteiger partial charge is 0.227 e. The third-order valence-electron chi connectivity index (χ3n) is 3.33. The molecule has 1 heterocycles. The maximum atomic E-state index is 12.3. The molecule has 20 heavy (non-hydrogen) atoms. The Morgan fingerprint density at radius 3 is 2.65 bits per heavy atom. The maximum Gasteiger partial charge on any atom is 0.227 e. The lowest BCUT2D eigenvalue weighted by Crippen LogP contribution is -2.55. The van der Waals surface area contributed by atoms with Crippen LogP contribution in [0.25, 0.3) is 0 Å². The molecule has 1 fully saturated rings. The molecule has 5 nitrogen and oxygen atoms in total. The van der Waals surface area contributed by atoms with E-state index in [-0.39, 0.29) is 30.8 Å². The highest BCUT2D eigenvalue weighted by Crippen LogP contribution is 2.21. The number of carbonyl (C=O) groups is 1. The second kappa shape index (κ2) is 5.81. The van der Waals surface area contributed by atoms with E-state index < -0.39 is 5.60 Å². The molecule has 5 heteroatoms. The average Bonchev–Trinajstić information content (AvgIpc) is 2.39. The van der Waals surface area contributed by atoms with Crippen LogP contribution < -0.4 is 0 Å². The number of phenolic OH excluding ortho intramolecular Hbond substituents is 1. The van der Waals surface area contributed by atoms with E-state index >= 15 is 0 Å². The second-order valence-electron chi connectivity index (χ2n) is 5.80. The van der Waals surface area contributed by atoms with Crippen molar-refractivity contribution in [3.8, 4) is 5.75 Å². The number of nitrogens with zero attached hydrogens (tertiary/aromatic N) is 1.